The molecule has 0 aromatic heterocycles. The summed E-state index contributed by atoms with van der Waals surface area (Å²) in [5.74, 6) is 0.942. The fourth-order valence-corrected chi connectivity index (χ4v) is 1.79. The number of ether oxygens (including phenoxy) is 1. The third kappa shape index (κ3) is 4.58. The van der Waals surface area contributed by atoms with Gasteiger partial charge in [-0.05, 0) is 25.8 Å². The third-order valence-corrected chi connectivity index (χ3v) is 2.59. The number of amidine groups is 1. The molecule has 1 saturated heterocycles. The summed E-state index contributed by atoms with van der Waals surface area (Å²) in [6, 6.07) is 0. The highest BCUT2D eigenvalue weighted by Crippen LogP contribution is 2.14. The smallest absolute Gasteiger partial charge is 0.0918 e. The van der Waals surface area contributed by atoms with E-state index in [1.54, 1.807) is 0 Å². The first-order valence-electron chi connectivity index (χ1n) is 5.27. The summed E-state index contributed by atoms with van der Waals surface area (Å²) in [6.07, 6.45) is 3.12. The number of hydrogen-bond donors (Lipinski definition) is 2. The zero-order valence-electron chi connectivity index (χ0n) is 8.96. The van der Waals surface area contributed by atoms with Gasteiger partial charge in [-0.25, -0.2) is 0 Å². The second-order valence-electron chi connectivity index (χ2n) is 4.12. The number of nitrogens with zero attached hydrogens (tertiary/aromatic N) is 1. The van der Waals surface area contributed by atoms with Gasteiger partial charge in [0.05, 0.1) is 12.4 Å². The van der Waals surface area contributed by atoms with Crippen molar-refractivity contribution in [3.8, 4) is 0 Å². The first-order valence-corrected chi connectivity index (χ1v) is 5.27. The van der Waals surface area contributed by atoms with Crippen LogP contribution in [0, 0.1) is 11.3 Å². The lowest BCUT2D eigenvalue weighted by Crippen LogP contribution is -2.32. The van der Waals surface area contributed by atoms with Gasteiger partial charge in [-0.3, -0.25) is 5.41 Å². The first-order chi connectivity index (χ1) is 6.68. The van der Waals surface area contributed by atoms with Gasteiger partial charge in [0.15, 0.2) is 0 Å². The molecule has 1 rings (SSSR count). The molecule has 1 atom stereocenters. The lowest BCUT2D eigenvalue weighted by molar-refractivity contribution is 0.0424. The van der Waals surface area contributed by atoms with E-state index >= 15 is 0 Å². The van der Waals surface area contributed by atoms with Crippen LogP contribution in [0.1, 0.15) is 19.3 Å². The van der Waals surface area contributed by atoms with Gasteiger partial charge in [-0.2, -0.15) is 0 Å². The van der Waals surface area contributed by atoms with E-state index in [-0.39, 0.29) is 5.84 Å². The Morgan fingerprint density at radius 1 is 1.64 bits per heavy atom. The van der Waals surface area contributed by atoms with E-state index in [1.165, 1.54) is 12.8 Å². The second-order valence-corrected chi connectivity index (χ2v) is 4.12. The van der Waals surface area contributed by atoms with Crippen LogP contribution in [0.4, 0.5) is 0 Å². The standard InChI is InChI=1S/C10H21N3O/c1-13(5-4-10(11)12)7-9-3-2-6-14-8-9/h9H,2-8H2,1H3,(H3,11,12). The molecule has 1 aliphatic heterocycles. The zero-order valence-corrected chi connectivity index (χ0v) is 8.96. The minimum Gasteiger partial charge on any atom is -0.388 e. The Labute approximate surface area is 85.9 Å². The SMILES string of the molecule is CN(CCC(=N)N)CC1CCCOC1. The highest BCUT2D eigenvalue weighted by Gasteiger charge is 2.15. The van der Waals surface area contributed by atoms with Gasteiger partial charge in [0.25, 0.3) is 0 Å². The van der Waals surface area contributed by atoms with Gasteiger partial charge in [0.2, 0.25) is 0 Å². The zero-order chi connectivity index (χ0) is 10.4. The number of nitrogens with one attached hydrogen (secondary N) is 1. The van der Waals surface area contributed by atoms with Crippen molar-refractivity contribution < 1.29 is 4.74 Å². The molecule has 1 unspecified atom stereocenters. The van der Waals surface area contributed by atoms with E-state index in [0.717, 1.165) is 26.3 Å². The summed E-state index contributed by atoms with van der Waals surface area (Å²) in [5.41, 5.74) is 5.31. The molecule has 1 heterocycles. The number of hydrogen-bond acceptors (Lipinski definition) is 3. The molecule has 0 radical (unpaired) electrons. The van der Waals surface area contributed by atoms with Crippen LogP contribution in [0.25, 0.3) is 0 Å². The van der Waals surface area contributed by atoms with Crippen molar-refractivity contribution in [2.24, 2.45) is 11.7 Å². The lowest BCUT2D eigenvalue weighted by atomic mass is 10.0. The maximum absolute atomic E-state index is 7.13. The largest absolute Gasteiger partial charge is 0.388 e. The van der Waals surface area contributed by atoms with Crippen molar-refractivity contribution in [3.63, 3.8) is 0 Å². The molecule has 0 bridgehead atoms. The van der Waals surface area contributed by atoms with Crippen LogP contribution in [0.3, 0.4) is 0 Å². The van der Waals surface area contributed by atoms with E-state index in [9.17, 15) is 0 Å². The van der Waals surface area contributed by atoms with Crippen molar-refractivity contribution in [1.29, 1.82) is 5.41 Å². The van der Waals surface area contributed by atoms with Crippen LogP contribution in [0.15, 0.2) is 0 Å². The highest BCUT2D eigenvalue weighted by molar-refractivity contribution is 5.76. The van der Waals surface area contributed by atoms with Gasteiger partial charge >= 0.3 is 0 Å². The molecule has 4 heteroatoms. The Kier molecular flexibility index (Phi) is 4.90. The average molecular weight is 199 g/mol. The molecule has 1 aliphatic rings. The molecule has 0 spiro atoms. The van der Waals surface area contributed by atoms with Crippen molar-refractivity contribution in [3.05, 3.63) is 0 Å². The number of rotatable bonds is 5. The normalized spacial score (nSPS) is 22.6. The molecule has 1 fully saturated rings. The monoisotopic (exact) mass is 199 g/mol. The minimum absolute atomic E-state index is 0.275. The van der Waals surface area contributed by atoms with E-state index in [4.69, 9.17) is 15.9 Å². The molecule has 3 N–H and O–H groups in total. The first kappa shape index (κ1) is 11.5. The third-order valence-electron chi connectivity index (χ3n) is 2.59. The molecule has 0 aromatic rings. The maximum atomic E-state index is 7.13. The molecular weight excluding hydrogens is 178 g/mol. The predicted octanol–water partition coefficient (Wildman–Crippen LogP) is 0.671. The lowest BCUT2D eigenvalue weighted by Gasteiger charge is -2.26. The van der Waals surface area contributed by atoms with Gasteiger partial charge < -0.3 is 15.4 Å². The van der Waals surface area contributed by atoms with E-state index in [1.807, 2.05) is 0 Å². The Morgan fingerprint density at radius 3 is 3.00 bits per heavy atom. The van der Waals surface area contributed by atoms with Gasteiger partial charge in [-0.1, -0.05) is 0 Å². The van der Waals surface area contributed by atoms with Gasteiger partial charge in [-0.15, -0.1) is 0 Å². The fourth-order valence-electron chi connectivity index (χ4n) is 1.79. The van der Waals surface area contributed by atoms with Gasteiger partial charge in [0.1, 0.15) is 0 Å². The summed E-state index contributed by atoms with van der Waals surface area (Å²) in [7, 11) is 2.08. The Morgan fingerprint density at radius 2 is 2.43 bits per heavy atom. The average Bonchev–Trinajstić information content (AvgIpc) is 2.16. The van der Waals surface area contributed by atoms with E-state index in [0.29, 0.717) is 12.3 Å². The summed E-state index contributed by atoms with van der Waals surface area (Å²) >= 11 is 0. The Hall–Kier alpha value is -0.610. The fraction of sp³-hybridized carbons (Fsp3) is 0.900. The maximum Gasteiger partial charge on any atom is 0.0918 e. The summed E-state index contributed by atoms with van der Waals surface area (Å²) < 4.78 is 5.41. The van der Waals surface area contributed by atoms with Crippen LogP contribution in [0.2, 0.25) is 0 Å². The molecule has 4 nitrogen and oxygen atoms in total. The summed E-state index contributed by atoms with van der Waals surface area (Å²) in [6.45, 7) is 3.76. The van der Waals surface area contributed by atoms with Crippen LogP contribution in [-0.2, 0) is 4.74 Å². The Balaban J connectivity index is 2.11. The van der Waals surface area contributed by atoms with Gasteiger partial charge in [0, 0.05) is 26.1 Å². The minimum atomic E-state index is 0.275. The van der Waals surface area contributed by atoms with Crippen molar-refractivity contribution in [1.82, 2.24) is 4.90 Å². The molecule has 0 aromatic carbocycles. The quantitative estimate of drug-likeness (QED) is 0.505. The molecule has 0 saturated carbocycles. The van der Waals surface area contributed by atoms with E-state index in [2.05, 4.69) is 11.9 Å². The highest BCUT2D eigenvalue weighted by atomic mass is 16.5. The molecular formula is C10H21N3O. The van der Waals surface area contributed by atoms with Crippen LogP contribution in [0.5, 0.6) is 0 Å². The van der Waals surface area contributed by atoms with Crippen molar-refractivity contribution in [2.75, 3.05) is 33.4 Å². The second kappa shape index (κ2) is 5.98. The molecule has 82 valence electrons. The van der Waals surface area contributed by atoms with Crippen molar-refractivity contribution >= 4 is 5.84 Å². The number of nitrogens with two attached hydrogens (primary N) is 1. The summed E-state index contributed by atoms with van der Waals surface area (Å²) in [4.78, 5) is 2.24. The molecule has 0 amide bonds. The molecule has 14 heavy (non-hydrogen) atoms. The molecule has 0 aliphatic carbocycles. The Bertz CT molecular complexity index is 178. The van der Waals surface area contributed by atoms with Crippen molar-refractivity contribution in [2.45, 2.75) is 19.3 Å². The predicted molar refractivity (Wildman–Crippen MR) is 57.6 cm³/mol. The topological polar surface area (TPSA) is 62.3 Å². The van der Waals surface area contributed by atoms with Crippen LogP contribution < -0.4 is 5.73 Å². The van der Waals surface area contributed by atoms with E-state index < -0.39 is 0 Å². The summed E-state index contributed by atoms with van der Waals surface area (Å²) in [5, 5.41) is 7.13. The van der Waals surface area contributed by atoms with Crippen LogP contribution >= 0.6 is 0 Å². The van der Waals surface area contributed by atoms with Crippen LogP contribution in [-0.4, -0.2) is 44.1 Å².